The van der Waals surface area contributed by atoms with Crippen molar-refractivity contribution < 1.29 is 18.0 Å². The number of halogens is 3. The van der Waals surface area contributed by atoms with Gasteiger partial charge in [0.15, 0.2) is 0 Å². The summed E-state index contributed by atoms with van der Waals surface area (Å²) in [5.74, 6) is 0.118. The van der Waals surface area contributed by atoms with Crippen molar-refractivity contribution in [1.82, 2.24) is 14.8 Å². The van der Waals surface area contributed by atoms with E-state index in [-0.39, 0.29) is 17.9 Å². The molecule has 0 radical (unpaired) electrons. The number of likely N-dealkylation sites (tertiary alicyclic amines) is 1. The highest BCUT2D eigenvalue weighted by Gasteiger charge is 2.34. The van der Waals surface area contributed by atoms with Gasteiger partial charge in [0, 0.05) is 41.6 Å². The zero-order valence-electron chi connectivity index (χ0n) is 19.4. The number of nitrogens with one attached hydrogen (secondary N) is 1. The van der Waals surface area contributed by atoms with Crippen LogP contribution >= 0.6 is 0 Å². The number of fused-ring (bicyclic) bond motifs is 1. The van der Waals surface area contributed by atoms with E-state index in [0.29, 0.717) is 18.5 Å². The van der Waals surface area contributed by atoms with Gasteiger partial charge in [-0.3, -0.25) is 4.79 Å². The van der Waals surface area contributed by atoms with Crippen LogP contribution in [0, 0.1) is 12.8 Å². The molecular weight excluding hydrogens is 441 g/mol. The Morgan fingerprint density at radius 1 is 1.00 bits per heavy atom. The van der Waals surface area contributed by atoms with Crippen LogP contribution in [-0.4, -0.2) is 54.6 Å². The van der Waals surface area contributed by atoms with Gasteiger partial charge in [-0.05, 0) is 82.4 Å². The summed E-state index contributed by atoms with van der Waals surface area (Å²) in [4.78, 5) is 17.1. The first-order valence-corrected chi connectivity index (χ1v) is 11.7. The number of benzene rings is 2. The fourth-order valence-corrected chi connectivity index (χ4v) is 5.03. The fraction of sp³-hybridized carbons (Fsp3) is 0.423. The summed E-state index contributed by atoms with van der Waals surface area (Å²) >= 11 is 0. The number of hydrogen-bond acceptors (Lipinski definition) is 3. The lowest BCUT2D eigenvalue weighted by Gasteiger charge is -2.41. The van der Waals surface area contributed by atoms with Crippen LogP contribution in [0.3, 0.4) is 0 Å². The third kappa shape index (κ3) is 4.39. The first-order valence-electron chi connectivity index (χ1n) is 11.7. The van der Waals surface area contributed by atoms with Crippen molar-refractivity contribution in [2.45, 2.75) is 32.0 Å². The lowest BCUT2D eigenvalue weighted by molar-refractivity contribution is -0.137. The topological polar surface area (TPSA) is 40.5 Å². The first-order chi connectivity index (χ1) is 16.2. The Morgan fingerprint density at radius 3 is 2.41 bits per heavy atom. The number of rotatable bonds is 4. The van der Waals surface area contributed by atoms with Gasteiger partial charge in [0.05, 0.1) is 17.0 Å². The van der Waals surface area contributed by atoms with Gasteiger partial charge in [-0.1, -0.05) is 6.07 Å². The van der Waals surface area contributed by atoms with Gasteiger partial charge in [-0.2, -0.15) is 13.2 Å². The van der Waals surface area contributed by atoms with Crippen LogP contribution in [0.15, 0.2) is 48.5 Å². The van der Waals surface area contributed by atoms with Gasteiger partial charge in [0.2, 0.25) is 5.91 Å². The molecular formula is C26H29F3N4O. The second kappa shape index (κ2) is 8.65. The molecule has 2 fully saturated rings. The van der Waals surface area contributed by atoms with Crippen molar-refractivity contribution in [2.24, 2.45) is 5.92 Å². The molecule has 0 bridgehead atoms. The summed E-state index contributed by atoms with van der Waals surface area (Å²) < 4.78 is 41.4. The third-order valence-electron chi connectivity index (χ3n) is 7.08. The highest BCUT2D eigenvalue weighted by Crippen LogP contribution is 2.34. The number of aryl methyl sites for hydroxylation is 1. The van der Waals surface area contributed by atoms with Crippen LogP contribution in [-0.2, 0) is 11.0 Å². The van der Waals surface area contributed by atoms with Crippen LogP contribution in [0.1, 0.15) is 24.1 Å². The molecule has 0 unspecified atom stereocenters. The van der Waals surface area contributed by atoms with Crippen molar-refractivity contribution in [3.8, 4) is 5.69 Å². The molecule has 180 valence electrons. The Bertz CT molecular complexity index is 1200. The Labute approximate surface area is 197 Å². The molecule has 1 aromatic heterocycles. The number of carbonyl (C=O) groups excluding carboxylic acids is 1. The van der Waals surface area contributed by atoms with Gasteiger partial charge in [0.25, 0.3) is 0 Å². The van der Waals surface area contributed by atoms with Crippen LogP contribution < -0.4 is 10.2 Å². The lowest BCUT2D eigenvalue weighted by atomic mass is 9.96. The quantitative estimate of drug-likeness (QED) is 0.606. The molecule has 0 aliphatic carbocycles. The predicted octanol–water partition coefficient (Wildman–Crippen LogP) is 4.60. The monoisotopic (exact) mass is 470 g/mol. The number of hydrogen-bond donors (Lipinski definition) is 1. The number of aromatic nitrogens is 1. The molecule has 3 aromatic rings. The largest absolute Gasteiger partial charge is 0.416 e. The van der Waals surface area contributed by atoms with E-state index in [1.807, 2.05) is 35.8 Å². The second-order valence-electron chi connectivity index (χ2n) is 9.60. The number of alkyl halides is 3. The highest BCUT2D eigenvalue weighted by atomic mass is 19.4. The standard InChI is InChI=1S/C26H29F3N4O/c1-17-12-18-13-20(26(27,28)29)6-7-24(18)33(17)23-5-3-4-22(14-23)32-15-19(16-32)25(34)30-21-8-10-31(2)11-9-21/h3-7,12-14,19,21H,8-11,15-16H2,1-2H3,(H,30,34). The number of anilines is 1. The minimum absolute atomic E-state index is 0.0155. The molecule has 2 aliphatic heterocycles. The van der Waals surface area contributed by atoms with E-state index in [0.717, 1.165) is 54.6 Å². The van der Waals surface area contributed by atoms with Crippen LogP contribution in [0.5, 0.6) is 0 Å². The van der Waals surface area contributed by atoms with E-state index in [9.17, 15) is 18.0 Å². The van der Waals surface area contributed by atoms with Crippen molar-refractivity contribution in [2.75, 3.05) is 38.1 Å². The van der Waals surface area contributed by atoms with E-state index >= 15 is 0 Å². The molecule has 8 heteroatoms. The van der Waals surface area contributed by atoms with Crippen molar-refractivity contribution in [3.05, 3.63) is 59.8 Å². The Kier molecular flexibility index (Phi) is 5.80. The van der Waals surface area contributed by atoms with Gasteiger partial charge in [0.1, 0.15) is 0 Å². The third-order valence-corrected chi connectivity index (χ3v) is 7.08. The summed E-state index contributed by atoms with van der Waals surface area (Å²) in [7, 11) is 2.10. The summed E-state index contributed by atoms with van der Waals surface area (Å²) in [6.07, 6.45) is -2.37. The average molecular weight is 471 g/mol. The lowest BCUT2D eigenvalue weighted by Crippen LogP contribution is -2.56. The maximum Gasteiger partial charge on any atom is 0.416 e. The van der Waals surface area contributed by atoms with Crippen molar-refractivity contribution in [3.63, 3.8) is 0 Å². The van der Waals surface area contributed by atoms with Gasteiger partial charge < -0.3 is 19.7 Å². The van der Waals surface area contributed by atoms with Crippen LogP contribution in [0.2, 0.25) is 0 Å². The molecule has 2 aromatic carbocycles. The Balaban J connectivity index is 1.29. The maximum atomic E-state index is 13.1. The summed E-state index contributed by atoms with van der Waals surface area (Å²) in [6, 6.07) is 13.9. The SMILES string of the molecule is Cc1cc2cc(C(F)(F)F)ccc2n1-c1cccc(N2CC(C(=O)NC3CCN(C)CC3)C2)c1. The molecule has 1 amide bonds. The van der Waals surface area contributed by atoms with Gasteiger partial charge in [-0.25, -0.2) is 0 Å². The normalized spacial score (nSPS) is 18.3. The van der Waals surface area contributed by atoms with Crippen molar-refractivity contribution in [1.29, 1.82) is 0 Å². The molecule has 34 heavy (non-hydrogen) atoms. The van der Waals surface area contributed by atoms with E-state index < -0.39 is 11.7 Å². The van der Waals surface area contributed by atoms with E-state index in [2.05, 4.69) is 22.2 Å². The minimum atomic E-state index is -4.36. The smallest absolute Gasteiger partial charge is 0.370 e. The van der Waals surface area contributed by atoms with Crippen LogP contribution in [0.25, 0.3) is 16.6 Å². The van der Waals surface area contributed by atoms with Crippen molar-refractivity contribution >= 4 is 22.5 Å². The van der Waals surface area contributed by atoms with E-state index in [4.69, 9.17) is 0 Å². The average Bonchev–Trinajstić information content (AvgIpc) is 3.09. The molecule has 2 saturated heterocycles. The summed E-state index contributed by atoms with van der Waals surface area (Å²) in [6.45, 7) is 5.26. The molecule has 1 N–H and O–H groups in total. The summed E-state index contributed by atoms with van der Waals surface area (Å²) in [5, 5.41) is 3.78. The van der Waals surface area contributed by atoms with Gasteiger partial charge >= 0.3 is 6.18 Å². The summed E-state index contributed by atoms with van der Waals surface area (Å²) in [5.41, 5.74) is 2.86. The molecule has 5 rings (SSSR count). The molecule has 3 heterocycles. The number of piperidine rings is 1. The molecule has 0 spiro atoms. The molecule has 5 nitrogen and oxygen atoms in total. The molecule has 0 saturated carbocycles. The number of nitrogens with zero attached hydrogens (tertiary/aromatic N) is 3. The predicted molar refractivity (Wildman–Crippen MR) is 127 cm³/mol. The second-order valence-corrected chi connectivity index (χ2v) is 9.60. The van der Waals surface area contributed by atoms with E-state index in [1.54, 1.807) is 6.07 Å². The Morgan fingerprint density at radius 2 is 1.71 bits per heavy atom. The fourth-order valence-electron chi connectivity index (χ4n) is 5.03. The van der Waals surface area contributed by atoms with Crippen LogP contribution in [0.4, 0.5) is 18.9 Å². The molecule has 0 atom stereocenters. The molecule has 2 aliphatic rings. The van der Waals surface area contributed by atoms with Gasteiger partial charge in [-0.15, -0.1) is 0 Å². The number of carbonyl (C=O) groups is 1. The van der Waals surface area contributed by atoms with E-state index in [1.165, 1.54) is 12.1 Å². The zero-order valence-corrected chi connectivity index (χ0v) is 19.4. The number of amides is 1. The minimum Gasteiger partial charge on any atom is -0.370 e. The highest BCUT2D eigenvalue weighted by molar-refractivity contribution is 5.85. The first kappa shape index (κ1) is 22.8. The Hall–Kier alpha value is -3.00. The zero-order chi connectivity index (χ0) is 24.0. The maximum absolute atomic E-state index is 13.1.